The molecule has 0 aliphatic heterocycles. The number of ether oxygens (including phenoxy) is 1. The van der Waals surface area contributed by atoms with Gasteiger partial charge in [-0.2, -0.15) is 0 Å². The molecule has 0 aliphatic carbocycles. The lowest BCUT2D eigenvalue weighted by Gasteiger charge is -2.15. The maximum Gasteiger partial charge on any atom is 0.307 e. The van der Waals surface area contributed by atoms with Crippen LogP contribution in [-0.2, 0) is 9.53 Å². The number of rotatable bonds is 3. The summed E-state index contributed by atoms with van der Waals surface area (Å²) >= 11 is 0. The van der Waals surface area contributed by atoms with Gasteiger partial charge in [0.2, 0.25) is 0 Å². The second-order valence-corrected chi connectivity index (χ2v) is 2.55. The van der Waals surface area contributed by atoms with Gasteiger partial charge in [-0.3, -0.25) is 10.5 Å². The van der Waals surface area contributed by atoms with E-state index in [0.717, 1.165) is 0 Å². The van der Waals surface area contributed by atoms with E-state index in [1.807, 2.05) is 13.8 Å². The van der Waals surface area contributed by atoms with Crippen LogP contribution >= 0.6 is 0 Å². The molecule has 0 bridgehead atoms. The summed E-state index contributed by atoms with van der Waals surface area (Å²) in [6.07, 6.45) is -0.0621. The Morgan fingerprint density at radius 3 is 2.40 bits per heavy atom. The number of nitrogens with two attached hydrogens (primary N) is 1. The van der Waals surface area contributed by atoms with Gasteiger partial charge < -0.3 is 4.74 Å². The third-order valence-electron chi connectivity index (χ3n) is 1.21. The van der Waals surface area contributed by atoms with Gasteiger partial charge in [-0.1, -0.05) is 20.8 Å². The molecule has 0 saturated heterocycles. The van der Waals surface area contributed by atoms with E-state index in [9.17, 15) is 4.79 Å². The zero-order chi connectivity index (χ0) is 8.15. The normalized spacial score (nSPS) is 13.3. The van der Waals surface area contributed by atoms with E-state index < -0.39 is 6.23 Å². The summed E-state index contributed by atoms with van der Waals surface area (Å²) in [5.74, 6) is -0.0447. The molecule has 0 aliphatic rings. The van der Waals surface area contributed by atoms with Crippen LogP contribution in [-0.4, -0.2) is 12.2 Å². The van der Waals surface area contributed by atoms with Gasteiger partial charge in [-0.25, -0.2) is 0 Å². The Kier molecular flexibility index (Phi) is 4.03. The van der Waals surface area contributed by atoms with Crippen molar-refractivity contribution in [3.05, 3.63) is 0 Å². The number of carbonyl (C=O) groups excluding carboxylic acids is 1. The molecule has 2 N–H and O–H groups in total. The highest BCUT2D eigenvalue weighted by Gasteiger charge is 2.10. The van der Waals surface area contributed by atoms with Crippen LogP contribution in [0.3, 0.4) is 0 Å². The van der Waals surface area contributed by atoms with Crippen molar-refractivity contribution in [1.82, 2.24) is 0 Å². The molecule has 10 heavy (non-hydrogen) atoms. The Bertz CT molecular complexity index is 112. The SMILES string of the molecule is CCC(=O)O[C@@H](N)C(C)C. The molecule has 1 atom stereocenters. The van der Waals surface area contributed by atoms with Crippen LogP contribution in [0.2, 0.25) is 0 Å². The van der Waals surface area contributed by atoms with Gasteiger partial charge in [-0.05, 0) is 0 Å². The van der Waals surface area contributed by atoms with Crippen molar-refractivity contribution in [3.8, 4) is 0 Å². The van der Waals surface area contributed by atoms with Gasteiger partial charge in [0.15, 0.2) is 6.23 Å². The summed E-state index contributed by atoms with van der Waals surface area (Å²) in [4.78, 5) is 10.6. The predicted octanol–water partition coefficient (Wildman–Crippen LogP) is 0.880. The summed E-state index contributed by atoms with van der Waals surface area (Å²) in [7, 11) is 0. The molecule has 3 nitrogen and oxygen atoms in total. The number of carbonyl (C=O) groups is 1. The van der Waals surface area contributed by atoms with Gasteiger partial charge in [0.25, 0.3) is 0 Å². The molecular weight excluding hydrogens is 130 g/mol. The molecule has 0 rings (SSSR count). The Labute approximate surface area is 61.5 Å². The van der Waals surface area contributed by atoms with Crippen LogP contribution < -0.4 is 5.73 Å². The molecule has 0 fully saturated rings. The monoisotopic (exact) mass is 145 g/mol. The quantitative estimate of drug-likeness (QED) is 0.473. The molecule has 0 amide bonds. The summed E-state index contributed by atoms with van der Waals surface area (Å²) in [5, 5.41) is 0. The second kappa shape index (κ2) is 4.28. The van der Waals surface area contributed by atoms with Gasteiger partial charge in [0, 0.05) is 12.3 Å². The van der Waals surface area contributed by atoms with Crippen LogP contribution in [0.25, 0.3) is 0 Å². The number of hydrogen-bond donors (Lipinski definition) is 1. The Morgan fingerprint density at radius 2 is 2.10 bits per heavy atom. The first-order chi connectivity index (χ1) is 4.57. The van der Waals surface area contributed by atoms with Crippen molar-refractivity contribution in [2.24, 2.45) is 11.7 Å². The minimum atomic E-state index is -0.451. The van der Waals surface area contributed by atoms with Crippen molar-refractivity contribution >= 4 is 5.97 Å². The van der Waals surface area contributed by atoms with E-state index in [1.54, 1.807) is 6.92 Å². The van der Waals surface area contributed by atoms with Crippen LogP contribution in [0.5, 0.6) is 0 Å². The maximum absolute atomic E-state index is 10.6. The van der Waals surface area contributed by atoms with Gasteiger partial charge in [0.1, 0.15) is 0 Å². The first-order valence-corrected chi connectivity index (χ1v) is 3.53. The van der Waals surface area contributed by atoms with Crippen LogP contribution in [0.15, 0.2) is 0 Å². The van der Waals surface area contributed by atoms with Crippen molar-refractivity contribution in [2.75, 3.05) is 0 Å². The molecule has 0 aromatic rings. The van der Waals surface area contributed by atoms with E-state index in [-0.39, 0.29) is 11.9 Å². The highest BCUT2D eigenvalue weighted by atomic mass is 16.6. The van der Waals surface area contributed by atoms with Crippen molar-refractivity contribution < 1.29 is 9.53 Å². The van der Waals surface area contributed by atoms with Gasteiger partial charge >= 0.3 is 5.97 Å². The van der Waals surface area contributed by atoms with E-state index >= 15 is 0 Å². The highest BCUT2D eigenvalue weighted by Crippen LogP contribution is 2.00. The lowest BCUT2D eigenvalue weighted by atomic mass is 10.2. The maximum atomic E-state index is 10.6. The van der Waals surface area contributed by atoms with Crippen molar-refractivity contribution in [2.45, 2.75) is 33.4 Å². The average molecular weight is 145 g/mol. The molecule has 0 aromatic heterocycles. The Hall–Kier alpha value is -0.570. The van der Waals surface area contributed by atoms with Crippen LogP contribution in [0, 0.1) is 5.92 Å². The zero-order valence-electron chi connectivity index (χ0n) is 6.76. The molecule has 0 radical (unpaired) electrons. The number of esters is 1. The Balaban J connectivity index is 3.57. The third kappa shape index (κ3) is 3.45. The molecule has 0 saturated carbocycles. The van der Waals surface area contributed by atoms with Crippen LogP contribution in [0.4, 0.5) is 0 Å². The summed E-state index contributed by atoms with van der Waals surface area (Å²) < 4.78 is 4.80. The number of hydrogen-bond acceptors (Lipinski definition) is 3. The first-order valence-electron chi connectivity index (χ1n) is 3.53. The molecular formula is C7H15NO2. The first kappa shape index (κ1) is 9.43. The summed E-state index contributed by atoms with van der Waals surface area (Å²) in [5.41, 5.74) is 5.45. The van der Waals surface area contributed by atoms with Crippen LogP contribution in [0.1, 0.15) is 27.2 Å². The summed E-state index contributed by atoms with van der Waals surface area (Å²) in [6.45, 7) is 5.57. The molecule has 3 heteroatoms. The third-order valence-corrected chi connectivity index (χ3v) is 1.21. The predicted molar refractivity (Wildman–Crippen MR) is 39.2 cm³/mol. The molecule has 60 valence electrons. The standard InChI is InChI=1S/C7H15NO2/c1-4-6(9)10-7(8)5(2)3/h5,7H,4,8H2,1-3H3/t7-/m1/s1. The highest BCUT2D eigenvalue weighted by molar-refractivity contribution is 5.69. The van der Waals surface area contributed by atoms with E-state index in [1.165, 1.54) is 0 Å². The van der Waals surface area contributed by atoms with E-state index in [2.05, 4.69) is 0 Å². The minimum Gasteiger partial charge on any atom is -0.447 e. The fraction of sp³-hybridized carbons (Fsp3) is 0.857. The van der Waals surface area contributed by atoms with E-state index in [0.29, 0.717) is 6.42 Å². The second-order valence-electron chi connectivity index (χ2n) is 2.55. The Morgan fingerprint density at radius 1 is 1.60 bits per heavy atom. The molecule has 0 heterocycles. The fourth-order valence-corrected chi connectivity index (χ4v) is 0.371. The lowest BCUT2D eigenvalue weighted by molar-refractivity contribution is -0.150. The largest absolute Gasteiger partial charge is 0.447 e. The van der Waals surface area contributed by atoms with Gasteiger partial charge in [-0.15, -0.1) is 0 Å². The van der Waals surface area contributed by atoms with Gasteiger partial charge in [0.05, 0.1) is 0 Å². The molecule has 0 aromatic carbocycles. The topological polar surface area (TPSA) is 52.3 Å². The lowest BCUT2D eigenvalue weighted by Crippen LogP contribution is -2.31. The minimum absolute atomic E-state index is 0.190. The zero-order valence-corrected chi connectivity index (χ0v) is 6.76. The molecule has 0 spiro atoms. The smallest absolute Gasteiger partial charge is 0.307 e. The fourth-order valence-electron chi connectivity index (χ4n) is 0.371. The summed E-state index contributed by atoms with van der Waals surface area (Å²) in [6, 6.07) is 0. The average Bonchev–Trinajstić information content (AvgIpc) is 1.87. The van der Waals surface area contributed by atoms with Crippen molar-refractivity contribution in [1.29, 1.82) is 0 Å². The van der Waals surface area contributed by atoms with E-state index in [4.69, 9.17) is 10.5 Å². The van der Waals surface area contributed by atoms with Crippen molar-refractivity contribution in [3.63, 3.8) is 0 Å². The molecule has 0 unspecified atom stereocenters.